The standard InChI is InChI=1S/C14H11NO2/c1-9-3-2-4-10-6-13(17-14(9)10)11-5-12(16)8-15-7-11/h2-8,16H,1H3. The van der Waals surface area contributed by atoms with Crippen molar-refractivity contribution in [1.82, 2.24) is 4.98 Å². The Morgan fingerprint density at radius 2 is 2.06 bits per heavy atom. The molecule has 1 aromatic carbocycles. The molecular weight excluding hydrogens is 214 g/mol. The second kappa shape index (κ2) is 3.63. The molecule has 0 aliphatic carbocycles. The average Bonchev–Trinajstić information content (AvgIpc) is 2.74. The van der Waals surface area contributed by atoms with Gasteiger partial charge in [0.25, 0.3) is 0 Å². The highest BCUT2D eigenvalue weighted by Gasteiger charge is 2.08. The predicted octanol–water partition coefficient (Wildman–Crippen LogP) is 3.51. The predicted molar refractivity (Wildman–Crippen MR) is 65.8 cm³/mol. The second-order valence-corrected chi connectivity index (χ2v) is 4.04. The third-order valence-corrected chi connectivity index (χ3v) is 2.75. The van der Waals surface area contributed by atoms with E-state index in [9.17, 15) is 5.11 Å². The number of aromatic nitrogens is 1. The van der Waals surface area contributed by atoms with E-state index in [2.05, 4.69) is 4.98 Å². The number of furan rings is 1. The van der Waals surface area contributed by atoms with Crippen molar-refractivity contribution >= 4 is 11.0 Å². The minimum atomic E-state index is 0.139. The molecular formula is C14H11NO2. The van der Waals surface area contributed by atoms with Crippen LogP contribution in [0.1, 0.15) is 5.56 Å². The topological polar surface area (TPSA) is 46.3 Å². The highest BCUT2D eigenvalue weighted by Crippen LogP contribution is 2.30. The zero-order chi connectivity index (χ0) is 11.8. The lowest BCUT2D eigenvalue weighted by Crippen LogP contribution is -1.76. The molecule has 17 heavy (non-hydrogen) atoms. The van der Waals surface area contributed by atoms with E-state index in [0.29, 0.717) is 0 Å². The number of para-hydroxylation sites is 1. The SMILES string of the molecule is Cc1cccc2cc(-c3cncc(O)c3)oc12. The van der Waals surface area contributed by atoms with Crippen LogP contribution in [0.2, 0.25) is 0 Å². The summed E-state index contributed by atoms with van der Waals surface area (Å²) >= 11 is 0. The normalized spacial score (nSPS) is 10.9. The zero-order valence-corrected chi connectivity index (χ0v) is 9.34. The average molecular weight is 225 g/mol. The molecule has 2 heterocycles. The van der Waals surface area contributed by atoms with E-state index in [1.807, 2.05) is 31.2 Å². The number of fused-ring (bicyclic) bond motifs is 1. The molecule has 3 heteroatoms. The van der Waals surface area contributed by atoms with Crippen molar-refractivity contribution in [1.29, 1.82) is 0 Å². The molecule has 3 aromatic rings. The van der Waals surface area contributed by atoms with Crippen LogP contribution < -0.4 is 0 Å². The van der Waals surface area contributed by atoms with Gasteiger partial charge in [-0.05, 0) is 24.6 Å². The fraction of sp³-hybridized carbons (Fsp3) is 0.0714. The van der Waals surface area contributed by atoms with E-state index in [1.54, 1.807) is 12.3 Å². The molecule has 0 unspecified atom stereocenters. The van der Waals surface area contributed by atoms with Crippen LogP contribution >= 0.6 is 0 Å². The molecule has 0 aliphatic rings. The van der Waals surface area contributed by atoms with E-state index < -0.39 is 0 Å². The van der Waals surface area contributed by atoms with Gasteiger partial charge in [-0.25, -0.2) is 0 Å². The number of pyridine rings is 1. The van der Waals surface area contributed by atoms with E-state index in [1.165, 1.54) is 6.20 Å². The van der Waals surface area contributed by atoms with Crippen molar-refractivity contribution in [3.05, 3.63) is 48.3 Å². The molecule has 84 valence electrons. The number of rotatable bonds is 1. The number of aryl methyl sites for hydroxylation is 1. The summed E-state index contributed by atoms with van der Waals surface area (Å²) in [6.45, 7) is 2.01. The maximum absolute atomic E-state index is 9.40. The largest absolute Gasteiger partial charge is 0.506 e. The second-order valence-electron chi connectivity index (χ2n) is 4.04. The molecule has 0 radical (unpaired) electrons. The molecule has 2 aromatic heterocycles. The number of nitrogens with zero attached hydrogens (tertiary/aromatic N) is 1. The quantitative estimate of drug-likeness (QED) is 0.689. The van der Waals surface area contributed by atoms with Crippen molar-refractivity contribution in [2.45, 2.75) is 6.92 Å². The Labute approximate surface area is 98.3 Å². The Hall–Kier alpha value is -2.29. The first-order valence-electron chi connectivity index (χ1n) is 5.37. The van der Waals surface area contributed by atoms with Crippen molar-refractivity contribution in [2.24, 2.45) is 0 Å². The van der Waals surface area contributed by atoms with Gasteiger partial charge in [-0.2, -0.15) is 0 Å². The summed E-state index contributed by atoms with van der Waals surface area (Å²) in [5.41, 5.74) is 2.76. The van der Waals surface area contributed by atoms with Crippen LogP contribution in [0.3, 0.4) is 0 Å². The number of hydrogen-bond acceptors (Lipinski definition) is 3. The van der Waals surface area contributed by atoms with Gasteiger partial charge in [-0.3, -0.25) is 4.98 Å². The highest BCUT2D eigenvalue weighted by molar-refractivity contribution is 5.85. The van der Waals surface area contributed by atoms with Crippen LogP contribution in [-0.2, 0) is 0 Å². The van der Waals surface area contributed by atoms with Gasteiger partial charge in [0, 0.05) is 17.1 Å². The summed E-state index contributed by atoms with van der Waals surface area (Å²) in [4.78, 5) is 3.94. The van der Waals surface area contributed by atoms with Crippen LogP contribution in [0.4, 0.5) is 0 Å². The van der Waals surface area contributed by atoms with Crippen LogP contribution in [0, 0.1) is 6.92 Å². The molecule has 1 N–H and O–H groups in total. The number of hydrogen-bond donors (Lipinski definition) is 1. The van der Waals surface area contributed by atoms with Crippen molar-refractivity contribution in [3.8, 4) is 17.1 Å². The van der Waals surface area contributed by atoms with Crippen LogP contribution in [-0.4, -0.2) is 10.1 Å². The van der Waals surface area contributed by atoms with Gasteiger partial charge in [0.15, 0.2) is 0 Å². The smallest absolute Gasteiger partial charge is 0.137 e. The Morgan fingerprint density at radius 1 is 1.18 bits per heavy atom. The first-order chi connectivity index (χ1) is 8.24. The summed E-state index contributed by atoms with van der Waals surface area (Å²) in [5, 5.41) is 10.5. The Balaban J connectivity index is 2.22. The minimum Gasteiger partial charge on any atom is -0.506 e. The van der Waals surface area contributed by atoms with Crippen molar-refractivity contribution < 1.29 is 9.52 Å². The van der Waals surface area contributed by atoms with Gasteiger partial charge >= 0.3 is 0 Å². The Bertz CT molecular complexity index is 686. The maximum Gasteiger partial charge on any atom is 0.137 e. The van der Waals surface area contributed by atoms with Gasteiger partial charge in [0.05, 0.1) is 6.20 Å². The van der Waals surface area contributed by atoms with Gasteiger partial charge in [-0.1, -0.05) is 18.2 Å². The van der Waals surface area contributed by atoms with Gasteiger partial charge in [0.2, 0.25) is 0 Å². The Morgan fingerprint density at radius 3 is 2.82 bits per heavy atom. The summed E-state index contributed by atoms with van der Waals surface area (Å²) < 4.78 is 5.79. The molecule has 0 spiro atoms. The summed E-state index contributed by atoms with van der Waals surface area (Å²) in [7, 11) is 0. The highest BCUT2D eigenvalue weighted by atomic mass is 16.3. The fourth-order valence-corrected chi connectivity index (χ4v) is 1.91. The van der Waals surface area contributed by atoms with Crippen molar-refractivity contribution in [2.75, 3.05) is 0 Å². The van der Waals surface area contributed by atoms with E-state index >= 15 is 0 Å². The lowest BCUT2D eigenvalue weighted by molar-refractivity contribution is 0.472. The van der Waals surface area contributed by atoms with E-state index in [4.69, 9.17) is 4.42 Å². The van der Waals surface area contributed by atoms with Gasteiger partial charge in [0.1, 0.15) is 17.1 Å². The molecule has 0 bridgehead atoms. The summed E-state index contributed by atoms with van der Waals surface area (Å²) in [6, 6.07) is 9.61. The van der Waals surface area contributed by atoms with E-state index in [0.717, 1.165) is 27.9 Å². The molecule has 0 aliphatic heterocycles. The minimum absolute atomic E-state index is 0.139. The molecule has 0 saturated carbocycles. The zero-order valence-electron chi connectivity index (χ0n) is 9.34. The van der Waals surface area contributed by atoms with Gasteiger partial charge < -0.3 is 9.52 Å². The van der Waals surface area contributed by atoms with E-state index in [-0.39, 0.29) is 5.75 Å². The molecule has 0 saturated heterocycles. The lowest BCUT2D eigenvalue weighted by Gasteiger charge is -1.96. The third-order valence-electron chi connectivity index (χ3n) is 2.75. The van der Waals surface area contributed by atoms with Crippen LogP contribution in [0.15, 0.2) is 47.1 Å². The Kier molecular flexibility index (Phi) is 2.11. The molecule has 3 nitrogen and oxygen atoms in total. The van der Waals surface area contributed by atoms with Gasteiger partial charge in [-0.15, -0.1) is 0 Å². The molecule has 0 atom stereocenters. The molecule has 0 amide bonds. The monoisotopic (exact) mass is 225 g/mol. The first-order valence-corrected chi connectivity index (χ1v) is 5.37. The lowest BCUT2D eigenvalue weighted by atomic mass is 10.1. The first kappa shape index (κ1) is 9.90. The number of aromatic hydroxyl groups is 1. The van der Waals surface area contributed by atoms with Crippen LogP contribution in [0.5, 0.6) is 5.75 Å². The molecule has 0 fully saturated rings. The molecule has 3 rings (SSSR count). The summed E-state index contributed by atoms with van der Waals surface area (Å²) in [5.74, 6) is 0.859. The van der Waals surface area contributed by atoms with Crippen molar-refractivity contribution in [3.63, 3.8) is 0 Å². The van der Waals surface area contributed by atoms with Crippen LogP contribution in [0.25, 0.3) is 22.3 Å². The number of benzene rings is 1. The maximum atomic E-state index is 9.40. The summed E-state index contributed by atoms with van der Waals surface area (Å²) in [6.07, 6.45) is 3.07. The fourth-order valence-electron chi connectivity index (χ4n) is 1.91. The third kappa shape index (κ3) is 1.65.